The highest BCUT2D eigenvalue weighted by Gasteiger charge is 2.92. The van der Waals surface area contributed by atoms with Crippen LogP contribution in [0.4, 0.5) is 57.1 Å². The van der Waals surface area contributed by atoms with E-state index in [0.29, 0.717) is 4.72 Å². The fourth-order valence-corrected chi connectivity index (χ4v) is 2.83. The van der Waals surface area contributed by atoms with Crippen LogP contribution in [0.5, 0.6) is 0 Å². The summed E-state index contributed by atoms with van der Waals surface area (Å²) in [6, 6.07) is 0. The SMILES string of the molecule is C[N+](C)(C)CCCNS(=O)(=O)C(F)(F)C(F)(F)C(F)(F)C(F)(F)C(F)(F)C(F)(F)F.[Cl-]. The highest BCUT2D eigenvalue weighted by atomic mass is 35.5. The van der Waals surface area contributed by atoms with Crippen molar-refractivity contribution in [1.29, 1.82) is 0 Å². The zero-order valence-corrected chi connectivity index (χ0v) is 17.2. The Morgan fingerprint density at radius 3 is 1.35 bits per heavy atom. The van der Waals surface area contributed by atoms with E-state index in [2.05, 4.69) is 0 Å². The first-order valence-corrected chi connectivity index (χ1v) is 8.94. The van der Waals surface area contributed by atoms with E-state index in [9.17, 15) is 65.5 Å². The molecular weight excluding hydrogens is 519 g/mol. The lowest BCUT2D eigenvalue weighted by molar-refractivity contribution is -0.870. The smallest absolute Gasteiger partial charge is 0.460 e. The predicted octanol–water partition coefficient (Wildman–Crippen LogP) is 0.702. The minimum absolute atomic E-state index is 0. The summed E-state index contributed by atoms with van der Waals surface area (Å²) in [5.74, 6) is -32.1. The van der Waals surface area contributed by atoms with Crippen LogP contribution in [0.15, 0.2) is 0 Å². The van der Waals surface area contributed by atoms with Gasteiger partial charge in [-0.25, -0.2) is 13.1 Å². The molecule has 0 atom stereocenters. The van der Waals surface area contributed by atoms with Crippen LogP contribution in [-0.2, 0) is 10.0 Å². The Hall–Kier alpha value is -0.750. The second kappa shape index (κ2) is 8.89. The van der Waals surface area contributed by atoms with Gasteiger partial charge in [-0.2, -0.15) is 57.1 Å². The normalized spacial score (nSPS) is 15.6. The first kappa shape index (κ1) is 32.4. The van der Waals surface area contributed by atoms with Crippen molar-refractivity contribution in [3.63, 3.8) is 0 Å². The molecule has 0 saturated carbocycles. The maximum atomic E-state index is 13.6. The van der Waals surface area contributed by atoms with Crippen molar-refractivity contribution in [2.75, 3.05) is 34.2 Å². The van der Waals surface area contributed by atoms with E-state index >= 15 is 0 Å². The molecule has 0 aliphatic heterocycles. The van der Waals surface area contributed by atoms with Crippen LogP contribution in [0.1, 0.15) is 6.42 Å². The number of sulfonamides is 1. The Balaban J connectivity index is 0. The van der Waals surface area contributed by atoms with Crippen molar-refractivity contribution in [2.45, 2.75) is 41.5 Å². The Bertz CT molecular complexity index is 717. The number of alkyl halides is 13. The van der Waals surface area contributed by atoms with E-state index in [4.69, 9.17) is 0 Å². The van der Waals surface area contributed by atoms with E-state index in [1.165, 1.54) is 21.1 Å². The summed E-state index contributed by atoms with van der Waals surface area (Å²) in [5, 5.41) is -7.20. The average Bonchev–Trinajstić information content (AvgIpc) is 2.48. The molecule has 0 unspecified atom stereocenters. The van der Waals surface area contributed by atoms with Crippen LogP contribution in [0.2, 0.25) is 0 Å². The van der Waals surface area contributed by atoms with Crippen molar-refractivity contribution in [1.82, 2.24) is 4.72 Å². The van der Waals surface area contributed by atoms with Gasteiger partial charge in [0.1, 0.15) is 0 Å². The van der Waals surface area contributed by atoms with Crippen molar-refractivity contribution in [3.8, 4) is 0 Å². The number of quaternary nitrogens is 1. The number of hydrogen-bond acceptors (Lipinski definition) is 2. The third-order valence-corrected chi connectivity index (χ3v) is 5.06. The van der Waals surface area contributed by atoms with Crippen LogP contribution >= 0.6 is 0 Å². The molecule has 0 spiro atoms. The summed E-state index contributed by atoms with van der Waals surface area (Å²) >= 11 is 0. The molecule has 0 fully saturated rings. The Kier molecular flexibility index (Phi) is 9.30. The largest absolute Gasteiger partial charge is 1.00 e. The van der Waals surface area contributed by atoms with Gasteiger partial charge in [-0.05, 0) is 0 Å². The highest BCUT2D eigenvalue weighted by Crippen LogP contribution is 2.60. The number of rotatable bonds is 10. The summed E-state index contributed by atoms with van der Waals surface area (Å²) in [7, 11) is -2.40. The van der Waals surface area contributed by atoms with Gasteiger partial charge >= 0.3 is 35.1 Å². The predicted molar refractivity (Wildman–Crippen MR) is 75.2 cm³/mol. The van der Waals surface area contributed by atoms with Gasteiger partial charge in [0.25, 0.3) is 10.0 Å². The molecule has 0 rings (SSSR count). The topological polar surface area (TPSA) is 46.2 Å². The van der Waals surface area contributed by atoms with Gasteiger partial charge in [-0.1, -0.05) is 0 Å². The van der Waals surface area contributed by atoms with Gasteiger partial charge in [-0.3, -0.25) is 0 Å². The van der Waals surface area contributed by atoms with Crippen LogP contribution in [0.25, 0.3) is 0 Å². The third-order valence-electron chi connectivity index (χ3n) is 3.54. The molecule has 1 N–H and O–H groups in total. The van der Waals surface area contributed by atoms with Crippen LogP contribution < -0.4 is 17.1 Å². The summed E-state index contributed by atoms with van der Waals surface area (Å²) in [6.07, 6.45) is -7.92. The fraction of sp³-hybridized carbons (Fsp3) is 1.00. The standard InChI is InChI=1S/C12H16F13N2O2S.ClH/c1-27(2,3)6-4-5-26-30(28,29)12(24,25)10(19,20)8(15,16)7(13,14)9(17,18)11(21,22)23;/h26H,4-6H2,1-3H3;1H/q+1;/p-1. The molecule has 4 nitrogen and oxygen atoms in total. The monoisotopic (exact) mass is 534 g/mol. The van der Waals surface area contributed by atoms with Gasteiger partial charge in [-0.15, -0.1) is 0 Å². The molecule has 0 radical (unpaired) electrons. The van der Waals surface area contributed by atoms with Crippen LogP contribution in [0, 0.1) is 0 Å². The van der Waals surface area contributed by atoms with Gasteiger partial charge in [0.2, 0.25) is 0 Å². The summed E-state index contributed by atoms with van der Waals surface area (Å²) in [6.45, 7) is -1.08. The lowest BCUT2D eigenvalue weighted by Gasteiger charge is -2.39. The molecule has 0 aromatic carbocycles. The second-order valence-corrected chi connectivity index (χ2v) is 8.89. The zero-order valence-electron chi connectivity index (χ0n) is 15.6. The molecule has 0 aromatic heterocycles. The van der Waals surface area contributed by atoms with E-state index in [0.717, 1.165) is 0 Å². The maximum absolute atomic E-state index is 13.6. The summed E-state index contributed by atoms with van der Waals surface area (Å²) < 4.78 is 192. The fourth-order valence-electron chi connectivity index (χ4n) is 1.77. The summed E-state index contributed by atoms with van der Waals surface area (Å²) in [4.78, 5) is 0. The van der Waals surface area contributed by atoms with E-state index in [-0.39, 0.29) is 29.9 Å². The first-order valence-electron chi connectivity index (χ1n) is 7.46. The molecule has 0 aromatic rings. The van der Waals surface area contributed by atoms with Crippen molar-refractivity contribution in [2.24, 2.45) is 0 Å². The molecule has 0 saturated heterocycles. The second-order valence-electron chi connectivity index (χ2n) is 7.08. The van der Waals surface area contributed by atoms with Crippen molar-refractivity contribution in [3.05, 3.63) is 0 Å². The molecule has 0 bridgehead atoms. The number of halogens is 14. The van der Waals surface area contributed by atoms with E-state index < -0.39 is 51.7 Å². The minimum Gasteiger partial charge on any atom is -1.00 e. The minimum atomic E-state index is -8.15. The zero-order chi connectivity index (χ0) is 24.8. The van der Waals surface area contributed by atoms with E-state index in [1.807, 2.05) is 0 Å². The third kappa shape index (κ3) is 5.61. The Labute approximate surface area is 173 Å². The molecule has 0 aliphatic carbocycles. The highest BCUT2D eigenvalue weighted by molar-refractivity contribution is 7.90. The van der Waals surface area contributed by atoms with Crippen molar-refractivity contribution < 1.29 is 82.4 Å². The molecular formula is C12H16ClF13N2O2S. The number of nitrogens with zero attached hydrogens (tertiary/aromatic N) is 1. The van der Waals surface area contributed by atoms with Gasteiger partial charge in [0.15, 0.2) is 0 Å². The maximum Gasteiger partial charge on any atom is 0.460 e. The lowest BCUT2D eigenvalue weighted by Crippen LogP contribution is -3.00. The Morgan fingerprint density at radius 2 is 1.03 bits per heavy atom. The summed E-state index contributed by atoms with van der Waals surface area (Å²) in [5.41, 5.74) is 0. The van der Waals surface area contributed by atoms with Gasteiger partial charge in [0, 0.05) is 13.0 Å². The lowest BCUT2D eigenvalue weighted by atomic mass is 9.98. The average molecular weight is 535 g/mol. The molecule has 19 heteroatoms. The molecule has 31 heavy (non-hydrogen) atoms. The molecule has 0 heterocycles. The Morgan fingerprint density at radius 1 is 0.677 bits per heavy atom. The van der Waals surface area contributed by atoms with Gasteiger partial charge < -0.3 is 16.9 Å². The molecule has 190 valence electrons. The molecule has 0 aliphatic rings. The van der Waals surface area contributed by atoms with Gasteiger partial charge in [0.05, 0.1) is 27.7 Å². The van der Waals surface area contributed by atoms with Crippen LogP contribution in [-0.4, -0.2) is 82.3 Å². The van der Waals surface area contributed by atoms with Crippen molar-refractivity contribution >= 4 is 10.0 Å². The molecule has 0 amide bonds. The quantitative estimate of drug-likeness (QED) is 0.255. The first-order chi connectivity index (χ1) is 12.7. The van der Waals surface area contributed by atoms with Crippen LogP contribution in [0.3, 0.4) is 0 Å². The number of hydrogen-bond donors (Lipinski definition) is 1. The number of nitrogens with one attached hydrogen (secondary N) is 1. The van der Waals surface area contributed by atoms with E-state index in [1.54, 1.807) is 0 Å².